The van der Waals surface area contributed by atoms with Crippen molar-refractivity contribution in [3.05, 3.63) is 90.0 Å². The van der Waals surface area contributed by atoms with Crippen molar-refractivity contribution >= 4 is 23.2 Å². The molecule has 0 aliphatic carbocycles. The minimum atomic E-state index is -0.304. The van der Waals surface area contributed by atoms with Gasteiger partial charge in [-0.15, -0.1) is 0 Å². The summed E-state index contributed by atoms with van der Waals surface area (Å²) >= 11 is 0. The van der Waals surface area contributed by atoms with E-state index in [2.05, 4.69) is 10.6 Å². The van der Waals surface area contributed by atoms with E-state index in [9.17, 15) is 9.59 Å². The van der Waals surface area contributed by atoms with E-state index in [4.69, 9.17) is 4.74 Å². The molecule has 0 saturated carbocycles. The molecule has 0 aliphatic rings. The molecule has 28 heavy (non-hydrogen) atoms. The lowest BCUT2D eigenvalue weighted by Crippen LogP contribution is -2.18. The first-order valence-electron chi connectivity index (χ1n) is 9.17. The smallest absolute Gasteiger partial charge is 0.257 e. The van der Waals surface area contributed by atoms with Gasteiger partial charge in [0.25, 0.3) is 11.8 Å². The summed E-state index contributed by atoms with van der Waals surface area (Å²) < 4.78 is 5.58. The molecule has 2 N–H and O–H groups in total. The molecule has 2 amide bonds. The molecular formula is C23H22N2O3. The van der Waals surface area contributed by atoms with Crippen LogP contribution in [0.2, 0.25) is 0 Å². The molecule has 0 aromatic heterocycles. The topological polar surface area (TPSA) is 67.4 Å². The number of rotatable bonds is 7. The summed E-state index contributed by atoms with van der Waals surface area (Å²) in [7, 11) is 0. The second kappa shape index (κ2) is 9.37. The number of amides is 2. The zero-order valence-corrected chi connectivity index (χ0v) is 15.6. The number of anilines is 2. The third kappa shape index (κ3) is 4.98. The fourth-order valence-corrected chi connectivity index (χ4v) is 2.65. The molecule has 0 atom stereocenters. The monoisotopic (exact) mass is 374 g/mol. The minimum absolute atomic E-state index is 0.290. The molecule has 0 unspecified atom stereocenters. The molecule has 0 saturated heterocycles. The maximum Gasteiger partial charge on any atom is 0.257 e. The van der Waals surface area contributed by atoms with Gasteiger partial charge in [-0.2, -0.15) is 0 Å². The molecule has 0 aliphatic heterocycles. The minimum Gasteiger partial charge on any atom is -0.494 e. The molecule has 3 rings (SSSR count). The van der Waals surface area contributed by atoms with Gasteiger partial charge in [0.2, 0.25) is 0 Å². The van der Waals surface area contributed by atoms with Gasteiger partial charge >= 0.3 is 0 Å². The highest BCUT2D eigenvalue weighted by atomic mass is 16.5. The van der Waals surface area contributed by atoms with Crippen molar-refractivity contribution in [1.29, 1.82) is 0 Å². The maximum absolute atomic E-state index is 12.7. The van der Waals surface area contributed by atoms with E-state index in [-0.39, 0.29) is 11.8 Å². The molecular weight excluding hydrogens is 352 g/mol. The quantitative estimate of drug-likeness (QED) is 0.613. The van der Waals surface area contributed by atoms with Gasteiger partial charge in [-0.25, -0.2) is 0 Å². The number of benzene rings is 3. The van der Waals surface area contributed by atoms with Crippen LogP contribution in [-0.2, 0) is 0 Å². The number of hydrogen-bond donors (Lipinski definition) is 2. The first-order chi connectivity index (χ1) is 13.7. The van der Waals surface area contributed by atoms with Crippen LogP contribution in [0.5, 0.6) is 5.75 Å². The van der Waals surface area contributed by atoms with Crippen molar-refractivity contribution in [2.45, 2.75) is 13.3 Å². The maximum atomic E-state index is 12.7. The number of nitrogens with one attached hydrogen (secondary N) is 2. The number of carbonyl (C=O) groups is 2. The predicted octanol–water partition coefficient (Wildman–Crippen LogP) is 4.98. The average molecular weight is 374 g/mol. The van der Waals surface area contributed by atoms with Crippen LogP contribution in [0.1, 0.15) is 34.1 Å². The van der Waals surface area contributed by atoms with Gasteiger partial charge in [-0.1, -0.05) is 43.3 Å². The van der Waals surface area contributed by atoms with Gasteiger partial charge in [-0.05, 0) is 48.9 Å². The van der Waals surface area contributed by atoms with Crippen molar-refractivity contribution in [3.63, 3.8) is 0 Å². The van der Waals surface area contributed by atoms with Crippen molar-refractivity contribution in [2.24, 2.45) is 0 Å². The highest BCUT2D eigenvalue weighted by Crippen LogP contribution is 2.20. The van der Waals surface area contributed by atoms with Crippen LogP contribution in [0.4, 0.5) is 11.4 Å². The van der Waals surface area contributed by atoms with Crippen molar-refractivity contribution in [3.8, 4) is 5.75 Å². The molecule has 142 valence electrons. The van der Waals surface area contributed by atoms with E-state index in [1.807, 2.05) is 31.2 Å². The third-order valence-electron chi connectivity index (χ3n) is 4.02. The van der Waals surface area contributed by atoms with E-state index in [0.717, 1.165) is 6.42 Å². The van der Waals surface area contributed by atoms with Gasteiger partial charge in [0.15, 0.2) is 0 Å². The van der Waals surface area contributed by atoms with Gasteiger partial charge < -0.3 is 15.4 Å². The van der Waals surface area contributed by atoms with Crippen LogP contribution in [0.3, 0.4) is 0 Å². The molecule has 3 aromatic carbocycles. The lowest BCUT2D eigenvalue weighted by atomic mass is 10.1. The number of carbonyl (C=O) groups excluding carboxylic acids is 2. The molecule has 5 heteroatoms. The lowest BCUT2D eigenvalue weighted by molar-refractivity contribution is 0.102. The van der Waals surface area contributed by atoms with Crippen LogP contribution in [-0.4, -0.2) is 18.4 Å². The Hall–Kier alpha value is -3.60. The highest BCUT2D eigenvalue weighted by molar-refractivity contribution is 6.12. The number of hydrogen-bond acceptors (Lipinski definition) is 3. The summed E-state index contributed by atoms with van der Waals surface area (Å²) in [6, 6.07) is 23.1. The van der Waals surface area contributed by atoms with Crippen molar-refractivity contribution in [2.75, 3.05) is 17.2 Å². The zero-order valence-electron chi connectivity index (χ0n) is 15.6. The fourth-order valence-electron chi connectivity index (χ4n) is 2.65. The Morgan fingerprint density at radius 1 is 0.821 bits per heavy atom. The number of ether oxygens (including phenoxy) is 1. The Morgan fingerprint density at radius 3 is 2.36 bits per heavy atom. The first-order valence-corrected chi connectivity index (χ1v) is 9.17. The predicted molar refractivity (Wildman–Crippen MR) is 111 cm³/mol. The second-order valence-electron chi connectivity index (χ2n) is 6.20. The SMILES string of the molecule is CCCOc1cccc(C(=O)Nc2ccccc2C(=O)Nc2ccccc2)c1. The van der Waals surface area contributed by atoms with E-state index in [1.165, 1.54) is 0 Å². The Labute approximate surface area is 164 Å². The summed E-state index contributed by atoms with van der Waals surface area (Å²) in [5.74, 6) is 0.0497. The fraction of sp³-hybridized carbons (Fsp3) is 0.130. The van der Waals surface area contributed by atoms with Crippen LogP contribution >= 0.6 is 0 Å². The molecule has 0 bridgehead atoms. The van der Waals surface area contributed by atoms with Gasteiger partial charge in [-0.3, -0.25) is 9.59 Å². The lowest BCUT2D eigenvalue weighted by Gasteiger charge is -2.12. The molecule has 0 fully saturated rings. The van der Waals surface area contributed by atoms with Crippen LogP contribution in [0.15, 0.2) is 78.9 Å². The Kier molecular flexibility index (Phi) is 6.41. The molecule has 0 spiro atoms. The van der Waals surface area contributed by atoms with Gasteiger partial charge in [0.05, 0.1) is 17.9 Å². The Bertz CT molecular complexity index is 955. The standard InChI is InChI=1S/C23H22N2O3/c1-2-15-28-19-12-8-9-17(16-19)22(26)25-21-14-7-6-13-20(21)23(27)24-18-10-4-3-5-11-18/h3-14,16H,2,15H2,1H3,(H,24,27)(H,25,26). The largest absolute Gasteiger partial charge is 0.494 e. The summed E-state index contributed by atoms with van der Waals surface area (Å²) in [6.45, 7) is 2.61. The zero-order chi connectivity index (χ0) is 19.8. The van der Waals surface area contributed by atoms with Crippen LogP contribution in [0.25, 0.3) is 0 Å². The molecule has 3 aromatic rings. The van der Waals surface area contributed by atoms with E-state index in [1.54, 1.807) is 54.6 Å². The van der Waals surface area contributed by atoms with Gasteiger partial charge in [0.1, 0.15) is 5.75 Å². The number of para-hydroxylation sites is 2. The Balaban J connectivity index is 1.76. The average Bonchev–Trinajstić information content (AvgIpc) is 2.73. The summed E-state index contributed by atoms with van der Waals surface area (Å²) in [6.07, 6.45) is 0.889. The summed E-state index contributed by atoms with van der Waals surface area (Å²) in [5.41, 5.74) is 1.99. The van der Waals surface area contributed by atoms with E-state index < -0.39 is 0 Å². The first kappa shape index (κ1) is 19.2. The third-order valence-corrected chi connectivity index (χ3v) is 4.02. The van der Waals surface area contributed by atoms with Crippen LogP contribution < -0.4 is 15.4 Å². The van der Waals surface area contributed by atoms with Crippen molar-refractivity contribution < 1.29 is 14.3 Å². The van der Waals surface area contributed by atoms with E-state index in [0.29, 0.717) is 34.9 Å². The summed E-state index contributed by atoms with van der Waals surface area (Å²) in [4.78, 5) is 25.3. The van der Waals surface area contributed by atoms with Gasteiger partial charge in [0, 0.05) is 11.3 Å². The summed E-state index contributed by atoms with van der Waals surface area (Å²) in [5, 5.41) is 5.66. The highest BCUT2D eigenvalue weighted by Gasteiger charge is 2.14. The Morgan fingerprint density at radius 2 is 1.57 bits per heavy atom. The van der Waals surface area contributed by atoms with Crippen LogP contribution in [0, 0.1) is 0 Å². The molecule has 0 radical (unpaired) electrons. The van der Waals surface area contributed by atoms with Crippen molar-refractivity contribution in [1.82, 2.24) is 0 Å². The molecule has 5 nitrogen and oxygen atoms in total. The second-order valence-corrected chi connectivity index (χ2v) is 6.20. The van der Waals surface area contributed by atoms with E-state index >= 15 is 0 Å². The molecule has 0 heterocycles. The normalized spacial score (nSPS) is 10.2.